The van der Waals surface area contributed by atoms with Crippen molar-refractivity contribution in [2.24, 2.45) is 0 Å². The van der Waals surface area contributed by atoms with Crippen molar-refractivity contribution in [1.82, 2.24) is 5.32 Å². The van der Waals surface area contributed by atoms with Crippen molar-refractivity contribution in [1.29, 1.82) is 0 Å². The van der Waals surface area contributed by atoms with Gasteiger partial charge in [0.2, 0.25) is 6.29 Å². The van der Waals surface area contributed by atoms with Crippen molar-refractivity contribution < 1.29 is 49.0 Å². The Morgan fingerprint density at radius 1 is 1.29 bits per heavy atom. The van der Waals surface area contributed by atoms with E-state index in [-0.39, 0.29) is 0 Å². The molecule has 1 aliphatic rings. The SMILES string of the molecule is C[C@H](NC(=O)O[C@@H]1O[C@H](CO)[C@@H](O)[C@H](O)[C@H]1O)P(=O)(O)O. The fourth-order valence-electron chi connectivity index (χ4n) is 1.56. The standard InChI is InChI=1S/C9H18NO10P/c1-3(21(16,17)18)10-9(15)20-8-7(14)6(13)5(12)4(2-11)19-8/h3-8,11-14H,2H2,1H3,(H,10,15)(H2,16,17,18)/t3-,4-,5-,6+,7-,8+/m1/s1. The molecule has 6 atom stereocenters. The van der Waals surface area contributed by atoms with Crippen LogP contribution in [-0.2, 0) is 14.0 Å². The predicted octanol–water partition coefficient (Wildman–Crippen LogP) is -2.96. The van der Waals surface area contributed by atoms with Gasteiger partial charge in [-0.2, -0.15) is 0 Å². The Morgan fingerprint density at radius 3 is 2.33 bits per heavy atom. The average Bonchev–Trinajstić information content (AvgIpc) is 2.38. The summed E-state index contributed by atoms with van der Waals surface area (Å²) in [5.41, 5.74) is 0. The number of amides is 1. The molecule has 1 rings (SSSR count). The van der Waals surface area contributed by atoms with Crippen LogP contribution in [0.3, 0.4) is 0 Å². The van der Waals surface area contributed by atoms with Crippen LogP contribution < -0.4 is 5.32 Å². The first-order valence-corrected chi connectivity index (χ1v) is 7.59. The second-order valence-electron chi connectivity index (χ2n) is 4.51. The van der Waals surface area contributed by atoms with E-state index >= 15 is 0 Å². The van der Waals surface area contributed by atoms with Crippen LogP contribution in [0.5, 0.6) is 0 Å². The third-order valence-electron chi connectivity index (χ3n) is 2.90. The lowest BCUT2D eigenvalue weighted by Gasteiger charge is -2.39. The highest BCUT2D eigenvalue weighted by Crippen LogP contribution is 2.39. The first-order valence-electron chi connectivity index (χ1n) is 5.90. The van der Waals surface area contributed by atoms with Crippen molar-refractivity contribution in [2.75, 3.05) is 6.61 Å². The molecule has 11 nitrogen and oxygen atoms in total. The number of hydrogen-bond acceptors (Lipinski definition) is 8. The van der Waals surface area contributed by atoms with E-state index in [1.54, 1.807) is 0 Å². The van der Waals surface area contributed by atoms with Gasteiger partial charge in [0.25, 0.3) is 0 Å². The van der Waals surface area contributed by atoms with Crippen molar-refractivity contribution in [3.05, 3.63) is 0 Å². The smallest absolute Gasteiger partial charge is 0.410 e. The van der Waals surface area contributed by atoms with Crippen LogP contribution in [0.1, 0.15) is 6.92 Å². The molecule has 1 amide bonds. The van der Waals surface area contributed by atoms with Crippen LogP contribution in [-0.4, -0.2) is 79.4 Å². The minimum Gasteiger partial charge on any atom is -0.417 e. The summed E-state index contributed by atoms with van der Waals surface area (Å²) >= 11 is 0. The Hall–Kier alpha value is -0.780. The summed E-state index contributed by atoms with van der Waals surface area (Å²) in [6, 6.07) is 0. The summed E-state index contributed by atoms with van der Waals surface area (Å²) in [4.78, 5) is 29.0. The number of hydrogen-bond donors (Lipinski definition) is 7. The van der Waals surface area contributed by atoms with Gasteiger partial charge in [-0.15, -0.1) is 0 Å². The van der Waals surface area contributed by atoms with E-state index in [1.165, 1.54) is 0 Å². The van der Waals surface area contributed by atoms with E-state index in [2.05, 4.69) is 4.74 Å². The summed E-state index contributed by atoms with van der Waals surface area (Å²) in [5, 5.41) is 39.3. The molecule has 0 spiro atoms. The van der Waals surface area contributed by atoms with Crippen molar-refractivity contribution in [2.45, 2.75) is 43.4 Å². The summed E-state index contributed by atoms with van der Waals surface area (Å²) in [6.45, 7) is 0.334. The quantitative estimate of drug-likeness (QED) is 0.262. The molecule has 0 aromatic heterocycles. The molecular weight excluding hydrogens is 313 g/mol. The summed E-state index contributed by atoms with van der Waals surface area (Å²) in [5.74, 6) is -1.53. The molecule has 0 saturated carbocycles. The summed E-state index contributed by atoms with van der Waals surface area (Å²) < 4.78 is 20.3. The number of ether oxygens (including phenoxy) is 2. The molecule has 0 aromatic carbocycles. The summed E-state index contributed by atoms with van der Waals surface area (Å²) in [6.07, 6.45) is -9.42. The number of alkyl carbamates (subject to hydrolysis) is 1. The molecule has 0 bridgehead atoms. The molecule has 1 heterocycles. The molecule has 1 aliphatic heterocycles. The Bertz CT molecular complexity index is 411. The number of carbonyl (C=O) groups is 1. The topological polar surface area (TPSA) is 186 Å². The second-order valence-corrected chi connectivity index (χ2v) is 6.46. The van der Waals surface area contributed by atoms with Crippen molar-refractivity contribution in [3.63, 3.8) is 0 Å². The van der Waals surface area contributed by atoms with Crippen LogP contribution in [0, 0.1) is 0 Å². The average molecular weight is 331 g/mol. The Kier molecular flexibility index (Phi) is 6.08. The number of carbonyl (C=O) groups excluding carboxylic acids is 1. The highest BCUT2D eigenvalue weighted by atomic mass is 31.2. The first-order chi connectivity index (χ1) is 9.57. The highest BCUT2D eigenvalue weighted by molar-refractivity contribution is 7.52. The Balaban J connectivity index is 2.64. The monoisotopic (exact) mass is 331 g/mol. The van der Waals surface area contributed by atoms with Crippen LogP contribution >= 0.6 is 7.60 Å². The third-order valence-corrected chi connectivity index (χ3v) is 4.04. The Morgan fingerprint density at radius 2 is 1.86 bits per heavy atom. The zero-order chi connectivity index (χ0) is 16.4. The highest BCUT2D eigenvalue weighted by Gasteiger charge is 2.45. The van der Waals surface area contributed by atoms with Crippen LogP contribution in [0.15, 0.2) is 0 Å². The maximum absolute atomic E-state index is 11.4. The first kappa shape index (κ1) is 18.3. The van der Waals surface area contributed by atoms with Gasteiger partial charge in [0.05, 0.1) is 6.61 Å². The molecule has 0 aliphatic carbocycles. The molecule has 0 unspecified atom stereocenters. The predicted molar refractivity (Wildman–Crippen MR) is 64.9 cm³/mol. The van der Waals surface area contributed by atoms with Gasteiger partial charge in [0.15, 0.2) is 0 Å². The van der Waals surface area contributed by atoms with E-state index in [4.69, 9.17) is 19.6 Å². The minimum atomic E-state index is -4.56. The molecule has 0 radical (unpaired) electrons. The van der Waals surface area contributed by atoms with E-state index < -0.39 is 56.8 Å². The fourth-order valence-corrected chi connectivity index (χ4v) is 1.83. The third kappa shape index (κ3) is 4.59. The lowest BCUT2D eigenvalue weighted by atomic mass is 9.99. The minimum absolute atomic E-state index is 0.703. The molecule has 12 heteroatoms. The number of aliphatic hydroxyl groups excluding tert-OH is 4. The number of nitrogens with one attached hydrogen (secondary N) is 1. The van der Waals surface area contributed by atoms with Gasteiger partial charge < -0.3 is 45.0 Å². The largest absolute Gasteiger partial charge is 0.417 e. The molecule has 0 aromatic rings. The fraction of sp³-hybridized carbons (Fsp3) is 0.889. The maximum Gasteiger partial charge on any atom is 0.410 e. The number of aliphatic hydroxyl groups is 4. The van der Waals surface area contributed by atoms with Gasteiger partial charge in [0.1, 0.15) is 30.2 Å². The lowest BCUT2D eigenvalue weighted by Crippen LogP contribution is -2.60. The lowest BCUT2D eigenvalue weighted by molar-refractivity contribution is -0.284. The van der Waals surface area contributed by atoms with E-state index in [0.29, 0.717) is 0 Å². The molecule has 21 heavy (non-hydrogen) atoms. The van der Waals surface area contributed by atoms with Gasteiger partial charge in [0, 0.05) is 0 Å². The molecule has 1 fully saturated rings. The van der Waals surface area contributed by atoms with Gasteiger partial charge in [-0.1, -0.05) is 0 Å². The summed E-state index contributed by atoms with van der Waals surface area (Å²) in [7, 11) is -4.56. The van der Waals surface area contributed by atoms with Crippen LogP contribution in [0.25, 0.3) is 0 Å². The van der Waals surface area contributed by atoms with Gasteiger partial charge in [-0.25, -0.2) is 4.79 Å². The van der Waals surface area contributed by atoms with E-state index in [0.717, 1.165) is 6.92 Å². The van der Waals surface area contributed by atoms with E-state index in [9.17, 15) is 24.7 Å². The van der Waals surface area contributed by atoms with Crippen LogP contribution in [0.2, 0.25) is 0 Å². The number of rotatable bonds is 4. The molecule has 7 N–H and O–H groups in total. The van der Waals surface area contributed by atoms with Crippen molar-refractivity contribution in [3.8, 4) is 0 Å². The molecule has 1 saturated heterocycles. The zero-order valence-electron chi connectivity index (χ0n) is 10.9. The van der Waals surface area contributed by atoms with Gasteiger partial charge in [-0.3, -0.25) is 4.57 Å². The van der Waals surface area contributed by atoms with Gasteiger partial charge >= 0.3 is 13.7 Å². The maximum atomic E-state index is 11.4. The van der Waals surface area contributed by atoms with Gasteiger partial charge in [-0.05, 0) is 6.92 Å². The zero-order valence-corrected chi connectivity index (χ0v) is 11.8. The van der Waals surface area contributed by atoms with Crippen LogP contribution in [0.4, 0.5) is 4.79 Å². The van der Waals surface area contributed by atoms with E-state index in [1.807, 2.05) is 5.32 Å². The normalized spacial score (nSPS) is 35.1. The molecular formula is C9H18NO10P. The second kappa shape index (κ2) is 6.99. The molecule has 124 valence electrons. The van der Waals surface area contributed by atoms with Crippen molar-refractivity contribution >= 4 is 13.7 Å². The Labute approximate surface area is 119 Å².